The van der Waals surface area contributed by atoms with Gasteiger partial charge in [0.1, 0.15) is 5.75 Å². The van der Waals surface area contributed by atoms with Crippen LogP contribution in [0.1, 0.15) is 20.3 Å². The average molecular weight is 292 g/mol. The molecule has 0 atom stereocenters. The quantitative estimate of drug-likeness (QED) is 0.925. The highest BCUT2D eigenvalue weighted by atomic mass is 16.6. The Balaban J connectivity index is 1.86. The largest absolute Gasteiger partial charge is 0.415 e. The minimum Gasteiger partial charge on any atom is -0.410 e. The molecule has 5 heteroatoms. The fraction of sp³-hybridized carbons (Fsp3) is 0.562. The van der Waals surface area contributed by atoms with Gasteiger partial charge in [-0.15, -0.1) is 0 Å². The molecule has 1 aliphatic heterocycles. The fourth-order valence-electron chi connectivity index (χ4n) is 2.51. The molecule has 1 aromatic rings. The van der Waals surface area contributed by atoms with E-state index in [1.165, 1.54) is 0 Å². The van der Waals surface area contributed by atoms with Crippen LogP contribution in [0.5, 0.6) is 5.75 Å². The highest BCUT2D eigenvalue weighted by Gasteiger charge is 2.24. The zero-order chi connectivity index (χ0) is 15.3. The van der Waals surface area contributed by atoms with Crippen molar-refractivity contribution < 1.29 is 14.6 Å². The Bertz CT molecular complexity index is 456. The van der Waals surface area contributed by atoms with Crippen molar-refractivity contribution in [2.75, 3.05) is 32.7 Å². The van der Waals surface area contributed by atoms with E-state index < -0.39 is 5.60 Å². The van der Waals surface area contributed by atoms with E-state index in [1.807, 2.05) is 18.2 Å². The number of hydrogen-bond acceptors (Lipinski definition) is 4. The SMILES string of the molecule is CC(C)(O)CN1CCCN(C(=O)Oc2ccccc2)CC1. The van der Waals surface area contributed by atoms with Crippen molar-refractivity contribution in [2.45, 2.75) is 25.9 Å². The number of β-amino-alcohol motifs (C(OH)–C–C–N with tert-alkyl or cyclic N) is 1. The third-order valence-corrected chi connectivity index (χ3v) is 3.41. The van der Waals surface area contributed by atoms with Gasteiger partial charge in [0.05, 0.1) is 5.60 Å². The second kappa shape index (κ2) is 6.91. The third kappa shape index (κ3) is 5.36. The Labute approximate surface area is 126 Å². The lowest BCUT2D eigenvalue weighted by Gasteiger charge is -2.27. The van der Waals surface area contributed by atoms with Crippen LogP contribution in [0.25, 0.3) is 0 Å². The van der Waals surface area contributed by atoms with Gasteiger partial charge < -0.3 is 14.7 Å². The molecular weight excluding hydrogens is 268 g/mol. The van der Waals surface area contributed by atoms with E-state index in [0.717, 1.165) is 19.5 Å². The van der Waals surface area contributed by atoms with Gasteiger partial charge in [0.25, 0.3) is 0 Å². The minimum atomic E-state index is -0.709. The van der Waals surface area contributed by atoms with E-state index in [0.29, 0.717) is 25.4 Å². The number of rotatable bonds is 3. The van der Waals surface area contributed by atoms with Crippen LogP contribution in [0.2, 0.25) is 0 Å². The molecule has 0 saturated carbocycles. The minimum absolute atomic E-state index is 0.300. The maximum Gasteiger partial charge on any atom is 0.415 e. The van der Waals surface area contributed by atoms with Crippen LogP contribution in [-0.2, 0) is 0 Å². The van der Waals surface area contributed by atoms with Crippen LogP contribution in [-0.4, -0.2) is 59.3 Å². The normalized spacial score (nSPS) is 17.4. The molecule has 116 valence electrons. The van der Waals surface area contributed by atoms with Crippen molar-refractivity contribution in [3.63, 3.8) is 0 Å². The number of amides is 1. The summed E-state index contributed by atoms with van der Waals surface area (Å²) in [6.45, 7) is 7.19. The van der Waals surface area contributed by atoms with Gasteiger partial charge in [-0.25, -0.2) is 4.79 Å². The number of ether oxygens (including phenoxy) is 1. The van der Waals surface area contributed by atoms with Crippen LogP contribution in [0.15, 0.2) is 30.3 Å². The highest BCUT2D eigenvalue weighted by Crippen LogP contribution is 2.13. The summed E-state index contributed by atoms with van der Waals surface area (Å²) in [4.78, 5) is 16.1. The van der Waals surface area contributed by atoms with Gasteiger partial charge in [0.2, 0.25) is 0 Å². The monoisotopic (exact) mass is 292 g/mol. The second-order valence-corrected chi connectivity index (χ2v) is 6.11. The third-order valence-electron chi connectivity index (χ3n) is 3.41. The molecule has 21 heavy (non-hydrogen) atoms. The molecule has 1 aromatic carbocycles. The Morgan fingerprint density at radius 2 is 1.90 bits per heavy atom. The Morgan fingerprint density at radius 3 is 2.57 bits per heavy atom. The summed E-state index contributed by atoms with van der Waals surface area (Å²) in [6.07, 6.45) is 0.589. The molecule has 0 unspecified atom stereocenters. The molecule has 0 bridgehead atoms. The van der Waals surface area contributed by atoms with Crippen LogP contribution < -0.4 is 4.74 Å². The molecule has 2 rings (SSSR count). The lowest BCUT2D eigenvalue weighted by atomic mass is 10.1. The van der Waals surface area contributed by atoms with Gasteiger partial charge in [0, 0.05) is 32.7 Å². The number of nitrogens with zero attached hydrogens (tertiary/aromatic N) is 2. The molecular formula is C16H24N2O3. The van der Waals surface area contributed by atoms with E-state index >= 15 is 0 Å². The smallest absolute Gasteiger partial charge is 0.410 e. The van der Waals surface area contributed by atoms with Gasteiger partial charge in [-0.05, 0) is 32.4 Å². The predicted molar refractivity (Wildman–Crippen MR) is 81.4 cm³/mol. The summed E-state index contributed by atoms with van der Waals surface area (Å²) in [7, 11) is 0. The standard InChI is InChI=1S/C16H24N2O3/c1-16(2,20)13-17-9-6-10-18(12-11-17)15(19)21-14-7-4-3-5-8-14/h3-5,7-8,20H,6,9-13H2,1-2H3. The van der Waals surface area contributed by atoms with Crippen LogP contribution in [0, 0.1) is 0 Å². The zero-order valence-corrected chi connectivity index (χ0v) is 12.8. The summed E-state index contributed by atoms with van der Waals surface area (Å²) in [5, 5.41) is 9.88. The summed E-state index contributed by atoms with van der Waals surface area (Å²) in [6, 6.07) is 9.12. The topological polar surface area (TPSA) is 53.0 Å². The number of benzene rings is 1. The molecule has 0 radical (unpaired) electrons. The molecule has 1 amide bonds. The Hall–Kier alpha value is -1.59. The van der Waals surface area contributed by atoms with Crippen LogP contribution in [0.3, 0.4) is 0 Å². The van der Waals surface area contributed by atoms with Crippen molar-refractivity contribution in [1.29, 1.82) is 0 Å². The van der Waals surface area contributed by atoms with Crippen LogP contribution >= 0.6 is 0 Å². The van der Waals surface area contributed by atoms with Crippen molar-refractivity contribution in [3.05, 3.63) is 30.3 Å². The first-order valence-electron chi connectivity index (χ1n) is 7.40. The molecule has 1 aliphatic rings. The second-order valence-electron chi connectivity index (χ2n) is 6.11. The van der Waals surface area contributed by atoms with Crippen LogP contribution in [0.4, 0.5) is 4.79 Å². The van der Waals surface area contributed by atoms with E-state index in [4.69, 9.17) is 4.74 Å². The molecule has 1 heterocycles. The molecule has 0 aliphatic carbocycles. The molecule has 1 fully saturated rings. The highest BCUT2D eigenvalue weighted by molar-refractivity contribution is 5.70. The van der Waals surface area contributed by atoms with Gasteiger partial charge in [-0.3, -0.25) is 4.90 Å². The maximum atomic E-state index is 12.1. The first-order valence-corrected chi connectivity index (χ1v) is 7.40. The molecule has 5 nitrogen and oxygen atoms in total. The number of carbonyl (C=O) groups excluding carboxylic acids is 1. The lowest BCUT2D eigenvalue weighted by molar-refractivity contribution is 0.0376. The number of hydrogen-bond donors (Lipinski definition) is 1. The Kier molecular flexibility index (Phi) is 5.20. The van der Waals surface area contributed by atoms with Crippen molar-refractivity contribution >= 4 is 6.09 Å². The van der Waals surface area contributed by atoms with Gasteiger partial charge in [0.15, 0.2) is 0 Å². The van der Waals surface area contributed by atoms with Crippen molar-refractivity contribution in [2.24, 2.45) is 0 Å². The Morgan fingerprint density at radius 1 is 1.19 bits per heavy atom. The molecule has 0 aromatic heterocycles. The van der Waals surface area contributed by atoms with Crippen molar-refractivity contribution in [3.8, 4) is 5.75 Å². The summed E-state index contributed by atoms with van der Waals surface area (Å²) in [5.41, 5.74) is -0.709. The van der Waals surface area contributed by atoms with E-state index in [2.05, 4.69) is 4.90 Å². The number of carbonyl (C=O) groups is 1. The number of para-hydroxylation sites is 1. The maximum absolute atomic E-state index is 12.1. The van der Waals surface area contributed by atoms with E-state index in [-0.39, 0.29) is 6.09 Å². The fourth-order valence-corrected chi connectivity index (χ4v) is 2.51. The predicted octanol–water partition coefficient (Wildman–Crippen LogP) is 1.96. The van der Waals surface area contributed by atoms with Gasteiger partial charge >= 0.3 is 6.09 Å². The summed E-state index contributed by atoms with van der Waals surface area (Å²) < 4.78 is 5.36. The zero-order valence-electron chi connectivity index (χ0n) is 12.8. The molecule has 0 spiro atoms. The van der Waals surface area contributed by atoms with Gasteiger partial charge in [-0.2, -0.15) is 0 Å². The van der Waals surface area contributed by atoms with Gasteiger partial charge in [-0.1, -0.05) is 18.2 Å². The first-order chi connectivity index (χ1) is 9.94. The van der Waals surface area contributed by atoms with E-state index in [1.54, 1.807) is 30.9 Å². The summed E-state index contributed by atoms with van der Waals surface area (Å²) >= 11 is 0. The molecule has 1 N–H and O–H groups in total. The average Bonchev–Trinajstić information content (AvgIpc) is 2.63. The van der Waals surface area contributed by atoms with E-state index in [9.17, 15) is 9.90 Å². The molecule has 1 saturated heterocycles. The number of aliphatic hydroxyl groups is 1. The summed E-state index contributed by atoms with van der Waals surface area (Å²) in [5.74, 6) is 0.570. The van der Waals surface area contributed by atoms with Crippen molar-refractivity contribution in [1.82, 2.24) is 9.80 Å². The first kappa shape index (κ1) is 15.8. The lowest BCUT2D eigenvalue weighted by Crippen LogP contribution is -2.41.